The first-order chi connectivity index (χ1) is 9.75. The van der Waals surface area contributed by atoms with E-state index in [1.54, 1.807) is 10.9 Å². The molecule has 6 nitrogen and oxygen atoms in total. The van der Waals surface area contributed by atoms with Crippen LogP contribution < -0.4 is 5.56 Å². The number of benzene rings is 1. The Labute approximate surface area is 119 Å². The molecule has 2 aromatic heterocycles. The van der Waals surface area contributed by atoms with Crippen molar-refractivity contribution in [3.8, 4) is 0 Å². The number of aromatic nitrogens is 5. The van der Waals surface area contributed by atoms with Crippen LogP contribution in [0.3, 0.4) is 0 Å². The van der Waals surface area contributed by atoms with Gasteiger partial charge in [-0.1, -0.05) is 23.9 Å². The number of nitrogens with zero attached hydrogens (tertiary/aromatic N) is 4. The zero-order valence-corrected chi connectivity index (χ0v) is 11.7. The van der Waals surface area contributed by atoms with E-state index in [2.05, 4.69) is 20.2 Å². The third kappa shape index (κ3) is 2.44. The van der Waals surface area contributed by atoms with E-state index in [1.807, 2.05) is 25.1 Å². The van der Waals surface area contributed by atoms with E-state index < -0.39 is 0 Å². The molecule has 0 aliphatic heterocycles. The SMILES string of the molecule is Cc1cccc2c(=O)n(CCSc3ncn[nH]3)cnc12. The van der Waals surface area contributed by atoms with Crippen molar-refractivity contribution < 1.29 is 0 Å². The third-order valence-electron chi connectivity index (χ3n) is 3.02. The van der Waals surface area contributed by atoms with Gasteiger partial charge < -0.3 is 0 Å². The predicted molar refractivity (Wildman–Crippen MR) is 77.8 cm³/mol. The molecule has 0 atom stereocenters. The average molecular weight is 287 g/mol. The van der Waals surface area contributed by atoms with Crippen LogP contribution >= 0.6 is 11.8 Å². The van der Waals surface area contributed by atoms with Crippen LogP contribution in [0.15, 0.2) is 40.8 Å². The largest absolute Gasteiger partial charge is 0.298 e. The minimum Gasteiger partial charge on any atom is -0.298 e. The number of aromatic amines is 1. The van der Waals surface area contributed by atoms with Gasteiger partial charge >= 0.3 is 0 Å². The molecule has 1 N–H and O–H groups in total. The van der Waals surface area contributed by atoms with Crippen LogP contribution in [-0.2, 0) is 6.54 Å². The molecule has 0 radical (unpaired) electrons. The van der Waals surface area contributed by atoms with E-state index in [4.69, 9.17) is 0 Å². The quantitative estimate of drug-likeness (QED) is 0.738. The van der Waals surface area contributed by atoms with Crippen LogP contribution in [0.1, 0.15) is 5.56 Å². The van der Waals surface area contributed by atoms with Crippen LogP contribution in [0.5, 0.6) is 0 Å². The molecule has 102 valence electrons. The highest BCUT2D eigenvalue weighted by molar-refractivity contribution is 7.99. The van der Waals surface area contributed by atoms with Crippen molar-refractivity contribution in [2.45, 2.75) is 18.6 Å². The molecule has 0 spiro atoms. The van der Waals surface area contributed by atoms with Crippen molar-refractivity contribution in [1.82, 2.24) is 24.7 Å². The molecule has 0 fully saturated rings. The Morgan fingerprint density at radius 2 is 2.25 bits per heavy atom. The van der Waals surface area contributed by atoms with Gasteiger partial charge in [0.1, 0.15) is 6.33 Å². The molecule has 0 bridgehead atoms. The second-order valence-corrected chi connectivity index (χ2v) is 5.44. The maximum atomic E-state index is 12.4. The summed E-state index contributed by atoms with van der Waals surface area (Å²) in [4.78, 5) is 20.8. The second kappa shape index (κ2) is 5.46. The molecule has 0 saturated carbocycles. The Hall–Kier alpha value is -2.15. The van der Waals surface area contributed by atoms with Crippen LogP contribution in [-0.4, -0.2) is 30.5 Å². The Bertz CT molecular complexity index is 781. The standard InChI is InChI=1S/C13H13N5OS/c1-9-3-2-4-10-11(9)15-8-18(12(10)19)5-6-20-13-14-7-16-17-13/h2-4,7-8H,5-6H2,1H3,(H,14,16,17). The maximum absolute atomic E-state index is 12.4. The topological polar surface area (TPSA) is 76.5 Å². The molecule has 7 heteroatoms. The highest BCUT2D eigenvalue weighted by Crippen LogP contribution is 2.13. The van der Waals surface area contributed by atoms with Gasteiger partial charge in [0.15, 0.2) is 5.16 Å². The van der Waals surface area contributed by atoms with Gasteiger partial charge in [0.25, 0.3) is 5.56 Å². The minimum atomic E-state index is -0.00290. The molecular weight excluding hydrogens is 274 g/mol. The van der Waals surface area contributed by atoms with Crippen molar-refractivity contribution in [1.29, 1.82) is 0 Å². The van der Waals surface area contributed by atoms with Crippen LogP contribution in [0.4, 0.5) is 0 Å². The lowest BCUT2D eigenvalue weighted by Gasteiger charge is -2.06. The number of aryl methyl sites for hydroxylation is 2. The fraction of sp³-hybridized carbons (Fsp3) is 0.231. The molecule has 0 aliphatic carbocycles. The molecule has 2 heterocycles. The fourth-order valence-electron chi connectivity index (χ4n) is 2.00. The zero-order chi connectivity index (χ0) is 13.9. The lowest BCUT2D eigenvalue weighted by atomic mass is 10.1. The lowest BCUT2D eigenvalue weighted by Crippen LogP contribution is -2.21. The third-order valence-corrected chi connectivity index (χ3v) is 3.88. The van der Waals surface area contributed by atoms with Crippen molar-refractivity contribution in [3.05, 3.63) is 46.8 Å². The van der Waals surface area contributed by atoms with Crippen molar-refractivity contribution in [2.75, 3.05) is 5.75 Å². The van der Waals surface area contributed by atoms with Gasteiger partial charge in [-0.05, 0) is 18.6 Å². The van der Waals surface area contributed by atoms with E-state index >= 15 is 0 Å². The zero-order valence-electron chi connectivity index (χ0n) is 10.9. The highest BCUT2D eigenvalue weighted by atomic mass is 32.2. The van der Waals surface area contributed by atoms with E-state index in [0.29, 0.717) is 11.9 Å². The predicted octanol–water partition coefficient (Wildman–Crippen LogP) is 1.62. The lowest BCUT2D eigenvalue weighted by molar-refractivity contribution is 0.724. The molecule has 1 aromatic carbocycles. The van der Waals surface area contributed by atoms with Gasteiger partial charge in [-0.3, -0.25) is 14.5 Å². The molecule has 20 heavy (non-hydrogen) atoms. The highest BCUT2D eigenvalue weighted by Gasteiger charge is 2.06. The molecule has 0 unspecified atom stereocenters. The summed E-state index contributed by atoms with van der Waals surface area (Å²) in [5.41, 5.74) is 1.79. The summed E-state index contributed by atoms with van der Waals surface area (Å²) >= 11 is 1.52. The van der Waals surface area contributed by atoms with Crippen molar-refractivity contribution in [3.63, 3.8) is 0 Å². The number of nitrogens with one attached hydrogen (secondary N) is 1. The second-order valence-electron chi connectivity index (χ2n) is 4.35. The molecule has 3 aromatic rings. The minimum absolute atomic E-state index is 0.00290. The van der Waals surface area contributed by atoms with Gasteiger partial charge in [-0.15, -0.1) is 0 Å². The fourth-order valence-corrected chi connectivity index (χ4v) is 2.72. The first-order valence-electron chi connectivity index (χ1n) is 6.18. The number of para-hydroxylation sites is 1. The Kier molecular flexibility index (Phi) is 3.51. The van der Waals surface area contributed by atoms with E-state index in [-0.39, 0.29) is 5.56 Å². The molecule has 0 aliphatic rings. The molecule has 0 amide bonds. The number of rotatable bonds is 4. The van der Waals surface area contributed by atoms with Gasteiger partial charge in [-0.25, -0.2) is 9.97 Å². The van der Waals surface area contributed by atoms with Gasteiger partial charge in [0.2, 0.25) is 0 Å². The first-order valence-corrected chi connectivity index (χ1v) is 7.17. The maximum Gasteiger partial charge on any atom is 0.261 e. The number of hydrogen-bond donors (Lipinski definition) is 1. The first kappa shape index (κ1) is 12.9. The smallest absolute Gasteiger partial charge is 0.261 e. The average Bonchev–Trinajstić information content (AvgIpc) is 2.95. The molecule has 0 saturated heterocycles. The summed E-state index contributed by atoms with van der Waals surface area (Å²) in [5.74, 6) is 0.730. The summed E-state index contributed by atoms with van der Waals surface area (Å²) in [6.45, 7) is 2.54. The summed E-state index contributed by atoms with van der Waals surface area (Å²) in [7, 11) is 0. The van der Waals surface area contributed by atoms with E-state index in [9.17, 15) is 4.79 Å². The normalized spacial score (nSPS) is 11.1. The summed E-state index contributed by atoms with van der Waals surface area (Å²) in [6, 6.07) is 5.66. The number of hydrogen-bond acceptors (Lipinski definition) is 5. The van der Waals surface area contributed by atoms with Gasteiger partial charge in [0, 0.05) is 12.3 Å². The number of fused-ring (bicyclic) bond motifs is 1. The van der Waals surface area contributed by atoms with E-state index in [1.165, 1.54) is 18.1 Å². The Balaban J connectivity index is 1.82. The van der Waals surface area contributed by atoms with Crippen molar-refractivity contribution >= 4 is 22.7 Å². The number of thioether (sulfide) groups is 1. The Morgan fingerprint density at radius 3 is 3.05 bits per heavy atom. The van der Waals surface area contributed by atoms with Crippen LogP contribution in [0, 0.1) is 6.92 Å². The number of H-pyrrole nitrogens is 1. The summed E-state index contributed by atoms with van der Waals surface area (Å²) in [6.07, 6.45) is 3.08. The monoisotopic (exact) mass is 287 g/mol. The van der Waals surface area contributed by atoms with Gasteiger partial charge in [0.05, 0.1) is 17.2 Å². The molecular formula is C13H13N5OS. The van der Waals surface area contributed by atoms with Crippen LogP contribution in [0.2, 0.25) is 0 Å². The van der Waals surface area contributed by atoms with E-state index in [0.717, 1.165) is 22.0 Å². The van der Waals surface area contributed by atoms with Crippen molar-refractivity contribution in [2.24, 2.45) is 0 Å². The molecule has 3 rings (SSSR count). The Morgan fingerprint density at radius 1 is 1.35 bits per heavy atom. The van der Waals surface area contributed by atoms with Gasteiger partial charge in [-0.2, -0.15) is 5.10 Å². The van der Waals surface area contributed by atoms with Crippen LogP contribution in [0.25, 0.3) is 10.9 Å². The summed E-state index contributed by atoms with van der Waals surface area (Å²) < 4.78 is 1.63. The summed E-state index contributed by atoms with van der Waals surface area (Å²) in [5, 5.41) is 7.97.